The van der Waals surface area contributed by atoms with Gasteiger partial charge in [-0.05, 0) is 98.2 Å². The van der Waals surface area contributed by atoms with E-state index in [-0.39, 0.29) is 0 Å². The maximum absolute atomic E-state index is 6.25. The summed E-state index contributed by atoms with van der Waals surface area (Å²) >= 11 is 3.67. The van der Waals surface area contributed by atoms with E-state index in [9.17, 15) is 0 Å². The van der Waals surface area contributed by atoms with Crippen LogP contribution in [0.25, 0.3) is 11.0 Å². The van der Waals surface area contributed by atoms with E-state index in [1.807, 2.05) is 52.0 Å². The van der Waals surface area contributed by atoms with E-state index in [2.05, 4.69) is 47.8 Å². The van der Waals surface area contributed by atoms with Gasteiger partial charge in [-0.1, -0.05) is 5.16 Å². The van der Waals surface area contributed by atoms with E-state index in [1.54, 1.807) is 21.3 Å². The van der Waals surface area contributed by atoms with E-state index in [1.165, 1.54) is 30.5 Å². The molecular formula is C28H34BIN5O6PS. The highest BCUT2D eigenvalue weighted by atomic mass is 127. The third-order valence-corrected chi connectivity index (χ3v) is 10.9. The van der Waals surface area contributed by atoms with Crippen molar-refractivity contribution in [3.8, 4) is 17.2 Å². The fourth-order valence-electron chi connectivity index (χ4n) is 4.85. The van der Waals surface area contributed by atoms with Gasteiger partial charge in [-0.25, -0.2) is 4.45 Å². The summed E-state index contributed by atoms with van der Waals surface area (Å²) in [6.45, 7) is 8.10. The smallest absolute Gasteiger partial charge is 0.495 e. The van der Waals surface area contributed by atoms with Gasteiger partial charge in [0.15, 0.2) is 17.2 Å². The number of fused-ring (bicyclic) bond motifs is 1. The summed E-state index contributed by atoms with van der Waals surface area (Å²) in [6, 6.07) is 9.71. The molecule has 1 aliphatic carbocycles. The van der Waals surface area contributed by atoms with Gasteiger partial charge in [0.2, 0.25) is 0 Å². The Kier molecular flexibility index (Phi) is 8.44. The molecule has 0 amide bonds. The van der Waals surface area contributed by atoms with Crippen LogP contribution in [0.1, 0.15) is 52.1 Å². The summed E-state index contributed by atoms with van der Waals surface area (Å²) in [4.78, 5) is 0.740. The summed E-state index contributed by atoms with van der Waals surface area (Å²) in [5, 5.41) is 13.2. The largest absolute Gasteiger partial charge is 0.495 e. The molecule has 3 heterocycles. The van der Waals surface area contributed by atoms with Crippen LogP contribution in [0.5, 0.6) is 17.2 Å². The van der Waals surface area contributed by atoms with Crippen LogP contribution in [0.4, 0.5) is 17.3 Å². The highest BCUT2D eigenvalue weighted by molar-refractivity contribution is 14.2. The second-order valence-electron chi connectivity index (χ2n) is 11.5. The molecule has 2 aromatic carbocycles. The minimum absolute atomic E-state index is 0.464. The molecule has 0 bridgehead atoms. The second-order valence-corrected chi connectivity index (χ2v) is 14.3. The number of nitrogens with one attached hydrogen (secondary N) is 2. The molecule has 0 radical (unpaired) electrons. The first kappa shape index (κ1) is 30.6. The quantitative estimate of drug-likeness (QED) is 0.0727. The Morgan fingerprint density at radius 2 is 1.63 bits per heavy atom. The average Bonchev–Trinajstić information content (AvgIpc) is 3.57. The van der Waals surface area contributed by atoms with E-state index in [0.717, 1.165) is 27.2 Å². The molecular weight excluding hydrogens is 703 g/mol. The van der Waals surface area contributed by atoms with E-state index in [0.29, 0.717) is 40.9 Å². The van der Waals surface area contributed by atoms with Crippen molar-refractivity contribution in [2.24, 2.45) is 0 Å². The van der Waals surface area contributed by atoms with Crippen LogP contribution in [-0.4, -0.2) is 54.4 Å². The number of hydrogen-bond donors (Lipinski definition) is 2. The molecule has 43 heavy (non-hydrogen) atoms. The number of hydrogen-bond acceptors (Lipinski definition) is 11. The van der Waals surface area contributed by atoms with Gasteiger partial charge < -0.3 is 38.1 Å². The summed E-state index contributed by atoms with van der Waals surface area (Å²) in [6.07, 6.45) is 2.98. The van der Waals surface area contributed by atoms with E-state index >= 15 is 0 Å². The number of anilines is 3. The van der Waals surface area contributed by atoms with E-state index < -0.39 is 18.3 Å². The number of halogens is 1. The first-order chi connectivity index (χ1) is 20.6. The Morgan fingerprint density at radius 3 is 2.21 bits per heavy atom. The fourth-order valence-corrected chi connectivity index (χ4v) is 7.33. The van der Waals surface area contributed by atoms with Crippen molar-refractivity contribution in [3.63, 3.8) is 0 Å². The van der Waals surface area contributed by atoms with Gasteiger partial charge in [-0.3, -0.25) is 0 Å². The van der Waals surface area contributed by atoms with Gasteiger partial charge in [0, 0.05) is 23.7 Å². The Hall–Kier alpha value is -2.39. The van der Waals surface area contributed by atoms with Crippen molar-refractivity contribution in [2.75, 3.05) is 31.4 Å². The summed E-state index contributed by atoms with van der Waals surface area (Å²) < 4.78 is 40.9. The topological polar surface area (TPSA) is 114 Å². The number of rotatable bonds is 11. The van der Waals surface area contributed by atoms with Crippen LogP contribution >= 0.6 is 40.4 Å². The van der Waals surface area contributed by atoms with Crippen LogP contribution in [0, 0.1) is 0 Å². The maximum atomic E-state index is 6.25. The van der Waals surface area contributed by atoms with Crippen LogP contribution in [-0.2, 0) is 9.31 Å². The predicted molar refractivity (Wildman–Crippen MR) is 181 cm³/mol. The third-order valence-electron chi connectivity index (χ3n) is 8.13. The fraction of sp³-hybridized carbons (Fsp3) is 0.429. The highest BCUT2D eigenvalue weighted by Crippen LogP contribution is 2.45. The number of ether oxygens (including phenoxy) is 3. The Labute approximate surface area is 270 Å². The molecule has 228 valence electrons. The molecule has 2 aliphatic rings. The predicted octanol–water partition coefficient (Wildman–Crippen LogP) is 6.88. The zero-order valence-corrected chi connectivity index (χ0v) is 29.0. The minimum Gasteiger partial charge on any atom is -0.495 e. The highest BCUT2D eigenvalue weighted by Gasteiger charge is 2.52. The number of aromatic nitrogens is 3. The lowest BCUT2D eigenvalue weighted by Crippen LogP contribution is -2.41. The molecule has 0 spiro atoms. The van der Waals surface area contributed by atoms with Crippen molar-refractivity contribution < 1.29 is 28.0 Å². The van der Waals surface area contributed by atoms with Crippen molar-refractivity contribution in [1.29, 1.82) is 0 Å². The summed E-state index contributed by atoms with van der Waals surface area (Å²) in [7, 11) is 4.33. The second kappa shape index (κ2) is 11.8. The third kappa shape index (κ3) is 5.88. The molecule has 11 nitrogen and oxygen atoms in total. The van der Waals surface area contributed by atoms with Gasteiger partial charge in [-0.2, -0.15) is 5.10 Å². The van der Waals surface area contributed by atoms with Gasteiger partial charge in [0.05, 0.1) is 50.0 Å². The van der Waals surface area contributed by atoms with Gasteiger partial charge >= 0.3 is 7.12 Å². The zero-order valence-electron chi connectivity index (χ0n) is 25.0. The first-order valence-corrected chi connectivity index (χ1v) is 18.7. The molecule has 2 N–H and O–H groups in total. The maximum Gasteiger partial charge on any atom is 0.495 e. The van der Waals surface area contributed by atoms with Gasteiger partial charge in [0.25, 0.3) is 0 Å². The lowest BCUT2D eigenvalue weighted by atomic mass is 9.79. The first-order valence-electron chi connectivity index (χ1n) is 13.8. The molecule has 1 saturated heterocycles. The van der Waals surface area contributed by atoms with Gasteiger partial charge in [-0.15, -0.1) is 0 Å². The number of methoxy groups -OCH3 is 3. The molecule has 4 aromatic rings. The molecule has 1 unspecified atom stereocenters. The SMILES string of the molecule is COc1cc2c(NSc3c(OC)cc(B4OC(C)(C)C(C)(C)O4)cc3OC)noc2cc1Nc1cc(C2CC2)n(PI)n1. The van der Waals surface area contributed by atoms with Crippen molar-refractivity contribution in [1.82, 2.24) is 14.7 Å². The zero-order chi connectivity index (χ0) is 30.5. The Bertz CT molecular complexity index is 1620. The standard InChI is InChI=1S/C28H34BIN5O6PS/c1-27(2)28(3,4)41-29(40-27)16-10-22(37-6)25(23(11-16)38-7)43-34-26-17-12-21(36-5)18(13-20(17)39-33-26)31-24-14-19(15-8-9-15)35(32-24)42-30/h10-15,42H,8-9H2,1-7H3,(H,31,32)(H,33,34). The Morgan fingerprint density at radius 1 is 0.977 bits per heavy atom. The number of nitrogens with zero attached hydrogens (tertiary/aromatic N) is 3. The molecule has 6 rings (SSSR count). The lowest BCUT2D eigenvalue weighted by molar-refractivity contribution is 0.00578. The molecule has 1 saturated carbocycles. The van der Waals surface area contributed by atoms with E-state index in [4.69, 9.17) is 33.1 Å². The van der Waals surface area contributed by atoms with Crippen LogP contribution in [0.2, 0.25) is 0 Å². The van der Waals surface area contributed by atoms with Crippen LogP contribution < -0.4 is 29.7 Å². The van der Waals surface area contributed by atoms with Gasteiger partial charge in [0.1, 0.15) is 22.1 Å². The van der Waals surface area contributed by atoms with Crippen molar-refractivity contribution in [2.45, 2.75) is 62.6 Å². The monoisotopic (exact) mass is 737 g/mol. The minimum atomic E-state index is -0.550. The van der Waals surface area contributed by atoms with Crippen molar-refractivity contribution >= 4 is 81.2 Å². The Balaban J connectivity index is 1.24. The van der Waals surface area contributed by atoms with Crippen LogP contribution in [0.3, 0.4) is 0 Å². The summed E-state index contributed by atoms with van der Waals surface area (Å²) in [5.41, 5.74) is 2.49. The summed E-state index contributed by atoms with van der Waals surface area (Å²) in [5.74, 6) is 3.78. The normalized spacial score (nSPS) is 17.6. The van der Waals surface area contributed by atoms with Crippen molar-refractivity contribution in [3.05, 3.63) is 36.0 Å². The lowest BCUT2D eigenvalue weighted by Gasteiger charge is -2.32. The molecule has 1 aliphatic heterocycles. The average molecular weight is 737 g/mol. The molecule has 1 atom stereocenters. The molecule has 15 heteroatoms. The number of benzene rings is 2. The molecule has 2 fully saturated rings. The van der Waals surface area contributed by atoms with Crippen LogP contribution in [0.15, 0.2) is 39.8 Å². The molecule has 2 aromatic heterocycles.